The molecule has 2 unspecified atom stereocenters. The van der Waals surface area contributed by atoms with Gasteiger partial charge in [0.2, 0.25) is 5.91 Å². The number of ether oxygens (including phenoxy) is 2. The third-order valence-corrected chi connectivity index (χ3v) is 9.71. The number of hydrogen-bond acceptors (Lipinski definition) is 8. The van der Waals surface area contributed by atoms with E-state index in [0.29, 0.717) is 12.8 Å². The number of hydrogen-bond donors (Lipinski definition) is 6. The van der Waals surface area contributed by atoms with Crippen molar-refractivity contribution in [2.45, 2.75) is 224 Å². The van der Waals surface area contributed by atoms with Crippen molar-refractivity contribution in [3.05, 3.63) is 0 Å². The monoisotopic (exact) mass is 674 g/mol. The lowest BCUT2D eigenvalue weighted by molar-refractivity contribution is -0.302. The molecular formula is C38H75NO8. The Bertz CT molecular complexity index is 711. The van der Waals surface area contributed by atoms with Gasteiger partial charge >= 0.3 is 0 Å². The molecule has 0 bridgehead atoms. The van der Waals surface area contributed by atoms with Crippen LogP contribution in [0.25, 0.3) is 0 Å². The minimum Gasteiger partial charge on any atom is -0.394 e. The third-order valence-electron chi connectivity index (χ3n) is 9.71. The maximum absolute atomic E-state index is 12.8. The van der Waals surface area contributed by atoms with Crippen LogP contribution in [0, 0.1) is 0 Å². The lowest BCUT2D eigenvalue weighted by Crippen LogP contribution is -2.60. The highest BCUT2D eigenvalue weighted by atomic mass is 16.7. The second kappa shape index (κ2) is 30.1. The van der Waals surface area contributed by atoms with E-state index in [4.69, 9.17) is 9.47 Å². The fraction of sp³-hybridized carbons (Fsp3) is 0.974. The molecule has 9 heteroatoms. The first-order chi connectivity index (χ1) is 22.8. The van der Waals surface area contributed by atoms with Crippen molar-refractivity contribution in [2.75, 3.05) is 13.2 Å². The summed E-state index contributed by atoms with van der Waals surface area (Å²) in [6.07, 6.45) is 22.5. The average Bonchev–Trinajstić information content (AvgIpc) is 3.07. The molecule has 0 aliphatic carbocycles. The Hall–Kier alpha value is -0.810. The lowest BCUT2D eigenvalue weighted by atomic mass is 9.99. The molecule has 0 aromatic rings. The van der Waals surface area contributed by atoms with Crippen LogP contribution in [0.2, 0.25) is 0 Å². The summed E-state index contributed by atoms with van der Waals surface area (Å²) in [6.45, 7) is 3.80. The highest BCUT2D eigenvalue weighted by molar-refractivity contribution is 5.76. The van der Waals surface area contributed by atoms with Crippen LogP contribution in [0.3, 0.4) is 0 Å². The van der Waals surface area contributed by atoms with Gasteiger partial charge in [0, 0.05) is 6.42 Å². The topological polar surface area (TPSA) is 149 Å². The quantitative estimate of drug-likeness (QED) is 0.0426. The van der Waals surface area contributed by atoms with Gasteiger partial charge in [0.05, 0.1) is 25.4 Å². The Morgan fingerprint density at radius 1 is 0.638 bits per heavy atom. The van der Waals surface area contributed by atoms with Crippen molar-refractivity contribution in [3.8, 4) is 0 Å². The Kier molecular flexibility index (Phi) is 28.3. The van der Waals surface area contributed by atoms with Crippen molar-refractivity contribution in [1.29, 1.82) is 0 Å². The summed E-state index contributed by atoms with van der Waals surface area (Å²) in [5.41, 5.74) is 0. The molecule has 1 fully saturated rings. The standard InChI is InChI=1S/C38H75NO8/c1-3-5-7-9-11-13-15-16-17-18-19-21-23-25-27-32(41)31(30-46-38-37(45)36(44)35(43)33(29-40)47-38)39-34(42)28-26-24-22-20-14-12-10-8-6-4-2/h31-33,35-38,40-41,43-45H,3-30H2,1-2H3,(H,39,42)/t31-,32+,33+,35-,36?,37?,38+/m0/s1. The normalized spacial score (nSPS) is 22.7. The molecule has 6 N–H and O–H groups in total. The Morgan fingerprint density at radius 2 is 1.06 bits per heavy atom. The minimum absolute atomic E-state index is 0.133. The van der Waals surface area contributed by atoms with E-state index < -0.39 is 49.5 Å². The molecule has 1 aliphatic heterocycles. The molecule has 0 saturated carbocycles. The molecule has 0 spiro atoms. The van der Waals surface area contributed by atoms with Crippen LogP contribution in [0.4, 0.5) is 0 Å². The van der Waals surface area contributed by atoms with Gasteiger partial charge in [-0.25, -0.2) is 0 Å². The van der Waals surface area contributed by atoms with Crippen molar-refractivity contribution >= 4 is 5.91 Å². The molecule has 9 nitrogen and oxygen atoms in total. The molecule has 1 amide bonds. The third kappa shape index (κ3) is 21.8. The van der Waals surface area contributed by atoms with Gasteiger partial charge in [0.15, 0.2) is 6.29 Å². The van der Waals surface area contributed by atoms with Crippen LogP contribution in [0.1, 0.15) is 181 Å². The molecule has 0 aromatic carbocycles. The SMILES string of the molecule is CCCCCCCCCCCCCCCC[C@@H](O)[C@H](CO[C@@H]1O[C@H](CO)[C@H](O)C(O)C1O)NC(=O)CCCCCCCCCCCC. The largest absolute Gasteiger partial charge is 0.394 e. The summed E-state index contributed by atoms with van der Waals surface area (Å²) >= 11 is 0. The van der Waals surface area contributed by atoms with E-state index in [-0.39, 0.29) is 12.5 Å². The van der Waals surface area contributed by atoms with Crippen LogP contribution < -0.4 is 5.32 Å². The van der Waals surface area contributed by atoms with E-state index in [1.807, 2.05) is 0 Å². The van der Waals surface area contributed by atoms with Gasteiger partial charge in [-0.05, 0) is 12.8 Å². The minimum atomic E-state index is -1.55. The van der Waals surface area contributed by atoms with Crippen LogP contribution in [0.15, 0.2) is 0 Å². The fourth-order valence-electron chi connectivity index (χ4n) is 6.45. The van der Waals surface area contributed by atoms with Gasteiger partial charge in [-0.1, -0.05) is 162 Å². The van der Waals surface area contributed by atoms with Crippen molar-refractivity contribution in [2.24, 2.45) is 0 Å². The Labute approximate surface area is 287 Å². The zero-order valence-electron chi connectivity index (χ0n) is 30.3. The number of aliphatic hydroxyl groups excluding tert-OH is 5. The molecule has 7 atom stereocenters. The molecule has 0 aromatic heterocycles. The summed E-state index contributed by atoms with van der Waals surface area (Å²) in [5.74, 6) is -0.146. The maximum Gasteiger partial charge on any atom is 0.220 e. The van der Waals surface area contributed by atoms with Crippen molar-refractivity contribution in [1.82, 2.24) is 5.32 Å². The first-order valence-electron chi connectivity index (χ1n) is 19.7. The number of amides is 1. The smallest absolute Gasteiger partial charge is 0.220 e. The number of carbonyl (C=O) groups excluding carboxylic acids is 1. The van der Waals surface area contributed by atoms with Gasteiger partial charge in [0.25, 0.3) is 0 Å². The zero-order chi connectivity index (χ0) is 34.5. The van der Waals surface area contributed by atoms with Gasteiger partial charge in [-0.2, -0.15) is 0 Å². The van der Waals surface area contributed by atoms with E-state index in [9.17, 15) is 30.3 Å². The summed E-state index contributed by atoms with van der Waals surface area (Å²) < 4.78 is 11.2. The number of carbonyl (C=O) groups is 1. The van der Waals surface area contributed by atoms with Crippen LogP contribution >= 0.6 is 0 Å². The van der Waals surface area contributed by atoms with E-state index in [2.05, 4.69) is 19.2 Å². The molecule has 280 valence electrons. The van der Waals surface area contributed by atoms with Gasteiger partial charge in [0.1, 0.15) is 24.4 Å². The molecule has 1 heterocycles. The highest BCUT2D eigenvalue weighted by Crippen LogP contribution is 2.23. The fourth-order valence-corrected chi connectivity index (χ4v) is 6.45. The van der Waals surface area contributed by atoms with Crippen LogP contribution in [-0.4, -0.2) is 87.5 Å². The first-order valence-corrected chi connectivity index (χ1v) is 19.7. The second-order valence-corrected chi connectivity index (χ2v) is 14.1. The number of aliphatic hydroxyl groups is 5. The van der Waals surface area contributed by atoms with E-state index in [1.165, 1.54) is 116 Å². The van der Waals surface area contributed by atoms with E-state index >= 15 is 0 Å². The predicted octanol–water partition coefficient (Wildman–Crippen LogP) is 6.83. The van der Waals surface area contributed by atoms with E-state index in [1.54, 1.807) is 0 Å². The summed E-state index contributed by atoms with van der Waals surface area (Å²) in [6, 6.07) is -0.708. The predicted molar refractivity (Wildman–Crippen MR) is 189 cm³/mol. The Balaban J connectivity index is 2.40. The van der Waals surface area contributed by atoms with Crippen LogP contribution in [-0.2, 0) is 14.3 Å². The van der Waals surface area contributed by atoms with Crippen LogP contribution in [0.5, 0.6) is 0 Å². The van der Waals surface area contributed by atoms with Gasteiger partial charge < -0.3 is 40.3 Å². The second-order valence-electron chi connectivity index (χ2n) is 14.1. The van der Waals surface area contributed by atoms with E-state index in [0.717, 1.165) is 38.5 Å². The highest BCUT2D eigenvalue weighted by Gasteiger charge is 2.44. The van der Waals surface area contributed by atoms with Crippen molar-refractivity contribution < 1.29 is 39.8 Å². The molecular weight excluding hydrogens is 598 g/mol. The zero-order valence-corrected chi connectivity index (χ0v) is 30.3. The summed E-state index contributed by atoms with van der Waals surface area (Å²) in [5, 5.41) is 54.0. The van der Waals surface area contributed by atoms with Crippen molar-refractivity contribution in [3.63, 3.8) is 0 Å². The lowest BCUT2D eigenvalue weighted by Gasteiger charge is -2.40. The van der Waals surface area contributed by atoms with Gasteiger partial charge in [-0.15, -0.1) is 0 Å². The summed E-state index contributed by atoms with van der Waals surface area (Å²) in [4.78, 5) is 12.8. The number of unbranched alkanes of at least 4 members (excludes halogenated alkanes) is 22. The Morgan fingerprint density at radius 3 is 1.51 bits per heavy atom. The summed E-state index contributed by atoms with van der Waals surface area (Å²) in [7, 11) is 0. The molecule has 1 rings (SSSR count). The van der Waals surface area contributed by atoms with Gasteiger partial charge in [-0.3, -0.25) is 4.79 Å². The number of nitrogens with one attached hydrogen (secondary N) is 1. The first kappa shape index (κ1) is 44.2. The molecule has 1 saturated heterocycles. The number of rotatable bonds is 32. The molecule has 0 radical (unpaired) electrons. The molecule has 1 aliphatic rings. The average molecular weight is 674 g/mol. The maximum atomic E-state index is 12.8. The molecule has 47 heavy (non-hydrogen) atoms.